The number of allylic oxidation sites excluding steroid dienone is 2. The number of rotatable bonds is 4. The monoisotopic (exact) mass is 305 g/mol. The van der Waals surface area contributed by atoms with E-state index in [1.165, 1.54) is 24.6 Å². The molecule has 1 aromatic heterocycles. The fourth-order valence-electron chi connectivity index (χ4n) is 2.56. The van der Waals surface area contributed by atoms with Gasteiger partial charge in [-0.2, -0.15) is 10.1 Å². The van der Waals surface area contributed by atoms with Crippen LogP contribution in [-0.4, -0.2) is 42.5 Å². The maximum Gasteiger partial charge on any atom is 0.245 e. The van der Waals surface area contributed by atoms with Crippen LogP contribution in [0.5, 0.6) is 0 Å². The Balaban J connectivity index is 1.66. The van der Waals surface area contributed by atoms with Gasteiger partial charge in [-0.1, -0.05) is 6.08 Å². The maximum absolute atomic E-state index is 13.9. The lowest BCUT2D eigenvalue weighted by atomic mass is 10.0. The summed E-state index contributed by atoms with van der Waals surface area (Å²) in [6.07, 6.45) is 9.76. The standard InChI is InChI=1S/C15H20FN5O/c16-13-11-17-15(19-14(13)21-6-8-22-9-7-21)20-18-10-12-4-2-1-3-5-12/h4,10-11H,1-3,5-9H2,(H,17,19,20)/b18-10+. The molecule has 0 amide bonds. The van der Waals surface area contributed by atoms with Crippen LogP contribution in [0.4, 0.5) is 16.2 Å². The number of ether oxygens (including phenoxy) is 1. The van der Waals surface area contributed by atoms with E-state index in [1.807, 2.05) is 4.90 Å². The van der Waals surface area contributed by atoms with Gasteiger partial charge in [0.25, 0.3) is 0 Å². The lowest BCUT2D eigenvalue weighted by Gasteiger charge is -2.27. The second-order valence-electron chi connectivity index (χ2n) is 5.36. The van der Waals surface area contributed by atoms with Gasteiger partial charge in [0.05, 0.1) is 25.6 Å². The minimum absolute atomic E-state index is 0.299. The molecule has 2 aliphatic rings. The van der Waals surface area contributed by atoms with Crippen LogP contribution in [0.3, 0.4) is 0 Å². The number of nitrogens with one attached hydrogen (secondary N) is 1. The topological polar surface area (TPSA) is 62.6 Å². The molecule has 1 N–H and O–H groups in total. The summed E-state index contributed by atoms with van der Waals surface area (Å²) in [6.45, 7) is 2.42. The third-order valence-corrected chi connectivity index (χ3v) is 3.76. The Morgan fingerprint density at radius 3 is 2.95 bits per heavy atom. The van der Waals surface area contributed by atoms with Crippen molar-refractivity contribution in [2.75, 3.05) is 36.6 Å². The fourth-order valence-corrected chi connectivity index (χ4v) is 2.56. The Morgan fingerprint density at radius 1 is 1.32 bits per heavy atom. The zero-order chi connectivity index (χ0) is 15.2. The molecular weight excluding hydrogens is 285 g/mol. The number of morpholine rings is 1. The molecule has 6 nitrogen and oxygen atoms in total. The average molecular weight is 305 g/mol. The maximum atomic E-state index is 13.9. The summed E-state index contributed by atoms with van der Waals surface area (Å²) in [5, 5.41) is 4.15. The van der Waals surface area contributed by atoms with Crippen molar-refractivity contribution in [2.24, 2.45) is 5.10 Å². The number of hydrazone groups is 1. The van der Waals surface area contributed by atoms with E-state index >= 15 is 0 Å². The predicted molar refractivity (Wildman–Crippen MR) is 83.7 cm³/mol. The number of nitrogens with zero attached hydrogens (tertiary/aromatic N) is 4. The first-order valence-corrected chi connectivity index (χ1v) is 7.66. The molecule has 0 radical (unpaired) electrons. The molecule has 1 aliphatic carbocycles. The van der Waals surface area contributed by atoms with Gasteiger partial charge in [0.2, 0.25) is 5.95 Å². The molecule has 2 heterocycles. The molecule has 0 spiro atoms. The van der Waals surface area contributed by atoms with E-state index in [0.717, 1.165) is 12.8 Å². The Kier molecular flexibility index (Phi) is 4.95. The second kappa shape index (κ2) is 7.31. The molecule has 1 aromatic rings. The summed E-state index contributed by atoms with van der Waals surface area (Å²) in [6, 6.07) is 0. The number of halogens is 1. The lowest BCUT2D eigenvalue weighted by molar-refractivity contribution is 0.122. The Hall–Kier alpha value is -2.02. The molecule has 3 rings (SSSR count). The number of aromatic nitrogens is 2. The van der Waals surface area contributed by atoms with E-state index in [-0.39, 0.29) is 0 Å². The van der Waals surface area contributed by atoms with Gasteiger partial charge in [-0.15, -0.1) is 0 Å². The van der Waals surface area contributed by atoms with E-state index in [1.54, 1.807) is 6.21 Å². The fraction of sp³-hybridized carbons (Fsp3) is 0.533. The zero-order valence-electron chi connectivity index (χ0n) is 12.5. The smallest absolute Gasteiger partial charge is 0.245 e. The highest BCUT2D eigenvalue weighted by Gasteiger charge is 2.17. The highest BCUT2D eigenvalue weighted by Crippen LogP contribution is 2.19. The van der Waals surface area contributed by atoms with E-state index in [4.69, 9.17) is 4.74 Å². The van der Waals surface area contributed by atoms with Gasteiger partial charge >= 0.3 is 0 Å². The summed E-state index contributed by atoms with van der Waals surface area (Å²) >= 11 is 0. The SMILES string of the molecule is Fc1cnc(N/N=C/C2=CCCCC2)nc1N1CCOCC1. The van der Waals surface area contributed by atoms with Gasteiger partial charge in [0.15, 0.2) is 11.6 Å². The van der Waals surface area contributed by atoms with E-state index in [9.17, 15) is 4.39 Å². The molecule has 0 aromatic carbocycles. The lowest BCUT2D eigenvalue weighted by Crippen LogP contribution is -2.37. The van der Waals surface area contributed by atoms with Gasteiger partial charge < -0.3 is 9.64 Å². The van der Waals surface area contributed by atoms with Crippen molar-refractivity contribution in [3.05, 3.63) is 23.7 Å². The number of hydrogen-bond donors (Lipinski definition) is 1. The molecule has 118 valence electrons. The van der Waals surface area contributed by atoms with Crippen molar-refractivity contribution >= 4 is 18.0 Å². The summed E-state index contributed by atoms with van der Waals surface area (Å²) < 4.78 is 19.2. The van der Waals surface area contributed by atoms with E-state index in [2.05, 4.69) is 26.6 Å². The van der Waals surface area contributed by atoms with E-state index in [0.29, 0.717) is 38.1 Å². The van der Waals surface area contributed by atoms with Crippen molar-refractivity contribution in [3.8, 4) is 0 Å². The molecular formula is C15H20FN5O. The summed E-state index contributed by atoms with van der Waals surface area (Å²) in [5.41, 5.74) is 4.00. The summed E-state index contributed by atoms with van der Waals surface area (Å²) in [5.74, 6) is 0.176. The summed E-state index contributed by atoms with van der Waals surface area (Å²) in [7, 11) is 0. The van der Waals surface area contributed by atoms with Gasteiger partial charge in [-0.25, -0.2) is 14.8 Å². The minimum Gasteiger partial charge on any atom is -0.378 e. The molecule has 22 heavy (non-hydrogen) atoms. The van der Waals surface area contributed by atoms with Crippen LogP contribution >= 0.6 is 0 Å². The Labute approximate surface area is 129 Å². The van der Waals surface area contributed by atoms with Crippen LogP contribution in [0.25, 0.3) is 0 Å². The normalized spacial score (nSPS) is 19.3. The van der Waals surface area contributed by atoms with E-state index < -0.39 is 5.82 Å². The third-order valence-electron chi connectivity index (χ3n) is 3.76. The van der Waals surface area contributed by atoms with Crippen molar-refractivity contribution in [3.63, 3.8) is 0 Å². The van der Waals surface area contributed by atoms with Crippen molar-refractivity contribution in [1.82, 2.24) is 9.97 Å². The van der Waals surface area contributed by atoms with Crippen LogP contribution in [0.15, 0.2) is 22.9 Å². The van der Waals surface area contributed by atoms with Crippen LogP contribution < -0.4 is 10.3 Å². The number of anilines is 2. The molecule has 1 saturated heterocycles. The molecule has 0 bridgehead atoms. The van der Waals surface area contributed by atoms with Crippen LogP contribution in [0.2, 0.25) is 0 Å². The summed E-state index contributed by atoms with van der Waals surface area (Å²) in [4.78, 5) is 10.0. The third kappa shape index (κ3) is 3.79. The largest absolute Gasteiger partial charge is 0.378 e. The highest BCUT2D eigenvalue weighted by atomic mass is 19.1. The van der Waals surface area contributed by atoms with Crippen LogP contribution in [0, 0.1) is 5.82 Å². The zero-order valence-corrected chi connectivity index (χ0v) is 12.5. The van der Waals surface area contributed by atoms with Crippen LogP contribution in [-0.2, 0) is 4.74 Å². The highest BCUT2D eigenvalue weighted by molar-refractivity contribution is 5.79. The Morgan fingerprint density at radius 2 is 2.18 bits per heavy atom. The molecule has 0 saturated carbocycles. The van der Waals surface area contributed by atoms with Crippen molar-refractivity contribution in [1.29, 1.82) is 0 Å². The molecule has 1 aliphatic heterocycles. The van der Waals surface area contributed by atoms with Gasteiger partial charge in [0.1, 0.15) is 0 Å². The second-order valence-corrected chi connectivity index (χ2v) is 5.36. The van der Waals surface area contributed by atoms with Crippen LogP contribution in [0.1, 0.15) is 25.7 Å². The van der Waals surface area contributed by atoms with Crippen molar-refractivity contribution < 1.29 is 9.13 Å². The first-order valence-electron chi connectivity index (χ1n) is 7.66. The van der Waals surface area contributed by atoms with Gasteiger partial charge in [-0.05, 0) is 31.3 Å². The first kappa shape index (κ1) is 14.9. The molecule has 0 unspecified atom stereocenters. The minimum atomic E-state index is -0.425. The van der Waals surface area contributed by atoms with Gasteiger partial charge in [0, 0.05) is 13.1 Å². The number of hydrogen-bond acceptors (Lipinski definition) is 6. The quantitative estimate of drug-likeness (QED) is 0.683. The first-order chi connectivity index (χ1) is 10.8. The molecule has 7 heteroatoms. The average Bonchev–Trinajstić information content (AvgIpc) is 2.58. The van der Waals surface area contributed by atoms with Crippen molar-refractivity contribution in [2.45, 2.75) is 25.7 Å². The molecule has 0 atom stereocenters. The predicted octanol–water partition coefficient (Wildman–Crippen LogP) is 2.35. The Bertz CT molecular complexity index is 569. The van der Waals surface area contributed by atoms with Gasteiger partial charge in [-0.3, -0.25) is 0 Å². The molecule has 1 fully saturated rings.